The molecule has 0 atom stereocenters. The molecule has 0 N–H and O–H groups in total. The number of alkyl halides is 2. The predicted molar refractivity (Wildman–Crippen MR) is 44.4 cm³/mol. The summed E-state index contributed by atoms with van der Waals surface area (Å²) in [6.07, 6.45) is 0. The maximum absolute atomic E-state index is 11.6. The van der Waals surface area contributed by atoms with E-state index in [-0.39, 0.29) is 5.56 Å². The van der Waals surface area contributed by atoms with Crippen LogP contribution in [-0.4, -0.2) is 19.7 Å². The molecular formula is C9H8F2O3. The Balaban J connectivity index is 2.71. The summed E-state index contributed by atoms with van der Waals surface area (Å²) >= 11 is 0. The summed E-state index contributed by atoms with van der Waals surface area (Å²) in [5, 5.41) is 0. The molecule has 0 aliphatic rings. The Morgan fingerprint density at radius 1 is 1.29 bits per heavy atom. The summed E-state index contributed by atoms with van der Waals surface area (Å²) < 4.78 is 31.8. The molecular weight excluding hydrogens is 194 g/mol. The molecule has 0 aromatic heterocycles. The van der Waals surface area contributed by atoms with Crippen molar-refractivity contribution in [1.29, 1.82) is 0 Å². The molecule has 0 bridgehead atoms. The van der Waals surface area contributed by atoms with Crippen LogP contribution in [0.1, 0.15) is 10.4 Å². The van der Waals surface area contributed by atoms with E-state index in [4.69, 9.17) is 4.74 Å². The van der Waals surface area contributed by atoms with Gasteiger partial charge in [0.05, 0.1) is 12.7 Å². The molecule has 0 aliphatic carbocycles. The third kappa shape index (κ3) is 2.69. The lowest BCUT2D eigenvalue weighted by atomic mass is 10.2. The smallest absolute Gasteiger partial charge is 0.389 e. The van der Waals surface area contributed by atoms with Crippen molar-refractivity contribution in [2.75, 3.05) is 7.11 Å². The maximum Gasteiger partial charge on any atom is 0.389 e. The first-order chi connectivity index (χ1) is 6.63. The Morgan fingerprint density at radius 3 is 2.29 bits per heavy atom. The van der Waals surface area contributed by atoms with Gasteiger partial charge < -0.3 is 9.47 Å². The fraction of sp³-hybridized carbons (Fsp3) is 0.222. The quantitative estimate of drug-likeness (QED) is 0.704. The van der Waals surface area contributed by atoms with Gasteiger partial charge in [0, 0.05) is 0 Å². The van der Waals surface area contributed by atoms with Gasteiger partial charge in [-0.3, -0.25) is 0 Å². The first kappa shape index (κ1) is 10.4. The van der Waals surface area contributed by atoms with E-state index in [2.05, 4.69) is 4.74 Å². The first-order valence-electron chi connectivity index (χ1n) is 3.76. The number of ether oxygens (including phenoxy) is 2. The van der Waals surface area contributed by atoms with Gasteiger partial charge in [0.25, 0.3) is 0 Å². The summed E-state index contributed by atoms with van der Waals surface area (Å²) in [5.74, 6) is -0.513. The second-order valence-corrected chi connectivity index (χ2v) is 2.39. The first-order valence-corrected chi connectivity index (χ1v) is 3.76. The Hall–Kier alpha value is -1.65. The van der Waals surface area contributed by atoms with Crippen molar-refractivity contribution in [3.63, 3.8) is 0 Å². The van der Waals surface area contributed by atoms with Gasteiger partial charge in [0.1, 0.15) is 5.75 Å². The van der Waals surface area contributed by atoms with E-state index in [0.717, 1.165) is 0 Å². The number of carbonyl (C=O) groups excluding carboxylic acids is 1. The van der Waals surface area contributed by atoms with E-state index in [1.807, 2.05) is 0 Å². The van der Waals surface area contributed by atoms with E-state index >= 15 is 0 Å². The zero-order valence-corrected chi connectivity index (χ0v) is 7.37. The minimum Gasteiger partial charge on any atom is -0.497 e. The molecule has 76 valence electrons. The lowest BCUT2D eigenvalue weighted by Crippen LogP contribution is -2.09. The maximum atomic E-state index is 11.6. The molecule has 0 fully saturated rings. The SMILES string of the molecule is COc1ccc(C(=O)OC(F)F)cc1. The van der Waals surface area contributed by atoms with Crippen LogP contribution in [0.15, 0.2) is 24.3 Å². The number of carbonyl (C=O) groups is 1. The molecule has 0 radical (unpaired) electrons. The third-order valence-corrected chi connectivity index (χ3v) is 1.52. The van der Waals surface area contributed by atoms with Crippen LogP contribution < -0.4 is 4.74 Å². The average Bonchev–Trinajstić information content (AvgIpc) is 2.17. The Morgan fingerprint density at radius 2 is 1.86 bits per heavy atom. The summed E-state index contributed by atoms with van der Waals surface area (Å²) in [6.45, 7) is -3.09. The fourth-order valence-corrected chi connectivity index (χ4v) is 0.876. The highest BCUT2D eigenvalue weighted by atomic mass is 19.3. The van der Waals surface area contributed by atoms with E-state index < -0.39 is 12.6 Å². The number of methoxy groups -OCH3 is 1. The normalized spacial score (nSPS) is 10.0. The van der Waals surface area contributed by atoms with Gasteiger partial charge >= 0.3 is 12.6 Å². The number of hydrogen-bond donors (Lipinski definition) is 0. The summed E-state index contributed by atoms with van der Waals surface area (Å²) in [7, 11) is 1.46. The van der Waals surface area contributed by atoms with Gasteiger partial charge in [-0.1, -0.05) is 0 Å². The van der Waals surface area contributed by atoms with Crippen LogP contribution in [-0.2, 0) is 4.74 Å². The summed E-state index contributed by atoms with van der Waals surface area (Å²) in [5.41, 5.74) is 0.0612. The van der Waals surface area contributed by atoms with Gasteiger partial charge in [0.2, 0.25) is 0 Å². The van der Waals surface area contributed by atoms with Crippen LogP contribution in [0.25, 0.3) is 0 Å². The second kappa shape index (κ2) is 4.55. The predicted octanol–water partition coefficient (Wildman–Crippen LogP) is 2.07. The molecule has 0 saturated heterocycles. The van der Waals surface area contributed by atoms with E-state index in [0.29, 0.717) is 5.75 Å². The average molecular weight is 202 g/mol. The Kier molecular flexibility index (Phi) is 3.39. The van der Waals surface area contributed by atoms with Crippen LogP contribution in [0, 0.1) is 0 Å². The number of halogens is 2. The molecule has 14 heavy (non-hydrogen) atoms. The van der Waals surface area contributed by atoms with Gasteiger partial charge in [-0.05, 0) is 24.3 Å². The van der Waals surface area contributed by atoms with Crippen LogP contribution in [0.2, 0.25) is 0 Å². The van der Waals surface area contributed by atoms with Crippen LogP contribution in [0.5, 0.6) is 5.75 Å². The zero-order valence-electron chi connectivity index (χ0n) is 7.37. The van der Waals surface area contributed by atoms with Crippen molar-refractivity contribution < 1.29 is 23.0 Å². The topological polar surface area (TPSA) is 35.5 Å². The largest absolute Gasteiger partial charge is 0.497 e. The van der Waals surface area contributed by atoms with E-state index in [1.54, 1.807) is 0 Å². The van der Waals surface area contributed by atoms with Gasteiger partial charge in [-0.25, -0.2) is 4.79 Å². The number of hydrogen-bond acceptors (Lipinski definition) is 3. The summed E-state index contributed by atoms with van der Waals surface area (Å²) in [4.78, 5) is 10.9. The van der Waals surface area contributed by atoms with Crippen LogP contribution in [0.3, 0.4) is 0 Å². The fourth-order valence-electron chi connectivity index (χ4n) is 0.876. The van der Waals surface area contributed by atoms with E-state index in [1.165, 1.54) is 31.4 Å². The molecule has 1 aromatic carbocycles. The molecule has 5 heteroatoms. The zero-order chi connectivity index (χ0) is 10.6. The molecule has 3 nitrogen and oxygen atoms in total. The Bertz CT molecular complexity index is 308. The molecule has 0 amide bonds. The van der Waals surface area contributed by atoms with Crippen LogP contribution in [0.4, 0.5) is 8.78 Å². The minimum absolute atomic E-state index is 0.0612. The minimum atomic E-state index is -3.09. The van der Waals surface area contributed by atoms with Gasteiger partial charge in [-0.2, -0.15) is 8.78 Å². The molecule has 0 spiro atoms. The lowest BCUT2D eigenvalue weighted by molar-refractivity contribution is -0.0906. The Labute approximate surface area is 79.2 Å². The lowest BCUT2D eigenvalue weighted by Gasteiger charge is -2.03. The molecule has 0 heterocycles. The van der Waals surface area contributed by atoms with Crippen molar-refractivity contribution >= 4 is 5.97 Å². The molecule has 0 unspecified atom stereocenters. The highest BCUT2D eigenvalue weighted by molar-refractivity contribution is 5.89. The molecule has 1 rings (SSSR count). The van der Waals surface area contributed by atoms with Crippen LogP contribution >= 0.6 is 0 Å². The van der Waals surface area contributed by atoms with Crippen molar-refractivity contribution in [1.82, 2.24) is 0 Å². The third-order valence-electron chi connectivity index (χ3n) is 1.52. The van der Waals surface area contributed by atoms with Gasteiger partial charge in [0.15, 0.2) is 0 Å². The molecule has 0 saturated carbocycles. The van der Waals surface area contributed by atoms with Gasteiger partial charge in [-0.15, -0.1) is 0 Å². The highest BCUT2D eigenvalue weighted by Gasteiger charge is 2.12. The van der Waals surface area contributed by atoms with Crippen molar-refractivity contribution in [3.05, 3.63) is 29.8 Å². The number of rotatable bonds is 3. The van der Waals surface area contributed by atoms with Crippen molar-refractivity contribution in [2.45, 2.75) is 6.61 Å². The van der Waals surface area contributed by atoms with Crippen molar-refractivity contribution in [2.24, 2.45) is 0 Å². The number of esters is 1. The monoisotopic (exact) mass is 202 g/mol. The van der Waals surface area contributed by atoms with E-state index in [9.17, 15) is 13.6 Å². The highest BCUT2D eigenvalue weighted by Crippen LogP contribution is 2.12. The van der Waals surface area contributed by atoms with Crippen molar-refractivity contribution in [3.8, 4) is 5.75 Å². The number of benzene rings is 1. The summed E-state index contributed by atoms with van der Waals surface area (Å²) in [6, 6.07) is 5.68. The molecule has 0 aliphatic heterocycles. The second-order valence-electron chi connectivity index (χ2n) is 2.39. The standard InChI is InChI=1S/C9H8F2O3/c1-13-7-4-2-6(3-5-7)8(12)14-9(10)11/h2-5,9H,1H3. The molecule has 1 aromatic rings.